The summed E-state index contributed by atoms with van der Waals surface area (Å²) in [5.74, 6) is 0.840. The van der Waals surface area contributed by atoms with Crippen LogP contribution in [0.3, 0.4) is 0 Å². The van der Waals surface area contributed by atoms with E-state index in [1.54, 1.807) is 4.52 Å². The van der Waals surface area contributed by atoms with E-state index in [0.29, 0.717) is 5.15 Å². The van der Waals surface area contributed by atoms with E-state index in [2.05, 4.69) is 20.3 Å². The summed E-state index contributed by atoms with van der Waals surface area (Å²) in [6, 6.07) is 1.81. The number of halogens is 4. The Morgan fingerprint density at radius 2 is 2.08 bits per heavy atom. The van der Waals surface area contributed by atoms with Crippen LogP contribution >= 0.6 is 11.6 Å². The van der Waals surface area contributed by atoms with Crippen LogP contribution in [-0.2, 0) is 0 Å². The number of hydrogen-bond acceptors (Lipinski definition) is 4. The van der Waals surface area contributed by atoms with Crippen LogP contribution in [0.2, 0.25) is 5.15 Å². The van der Waals surface area contributed by atoms with Gasteiger partial charge in [-0.1, -0.05) is 11.6 Å². The zero-order valence-corrected chi connectivity index (χ0v) is 13.8. The Labute approximate surface area is 141 Å². The van der Waals surface area contributed by atoms with Crippen molar-refractivity contribution in [3.63, 3.8) is 0 Å². The van der Waals surface area contributed by atoms with E-state index in [1.165, 1.54) is 6.33 Å². The van der Waals surface area contributed by atoms with Gasteiger partial charge in [0.25, 0.3) is 0 Å². The van der Waals surface area contributed by atoms with Gasteiger partial charge in [-0.15, -0.1) is 0 Å². The number of rotatable bonds is 3. The highest BCUT2D eigenvalue weighted by Gasteiger charge is 2.53. The van der Waals surface area contributed by atoms with Gasteiger partial charge >= 0.3 is 6.18 Å². The minimum atomic E-state index is -4.15. The monoisotopic (exact) mass is 359 g/mol. The average Bonchev–Trinajstić information content (AvgIpc) is 2.70. The van der Waals surface area contributed by atoms with Crippen molar-refractivity contribution in [1.29, 1.82) is 0 Å². The molecule has 3 heterocycles. The molecule has 0 aromatic carbocycles. The summed E-state index contributed by atoms with van der Waals surface area (Å²) in [5.41, 5.74) is 2.02. The Balaban J connectivity index is 1.41. The number of nitrogens with one attached hydrogen (secondary N) is 1. The van der Waals surface area contributed by atoms with E-state index >= 15 is 0 Å². The zero-order chi connectivity index (χ0) is 17.1. The number of aryl methyl sites for hydroxylation is 1. The molecule has 9 heteroatoms. The normalized spacial score (nSPS) is 20.5. The summed E-state index contributed by atoms with van der Waals surface area (Å²) < 4.78 is 38.4. The maximum atomic E-state index is 12.2. The fourth-order valence-corrected chi connectivity index (χ4v) is 4.24. The van der Waals surface area contributed by atoms with E-state index in [9.17, 15) is 13.2 Å². The van der Waals surface area contributed by atoms with Gasteiger partial charge in [0.15, 0.2) is 5.82 Å². The highest BCUT2D eigenvalue weighted by atomic mass is 35.5. The first-order chi connectivity index (χ1) is 11.3. The van der Waals surface area contributed by atoms with Crippen molar-refractivity contribution in [2.45, 2.75) is 32.0 Å². The van der Waals surface area contributed by atoms with Gasteiger partial charge in [0.05, 0.1) is 6.54 Å². The number of aromatic nitrogens is 3. The lowest BCUT2D eigenvalue weighted by molar-refractivity contribution is -0.130. The first-order valence-electron chi connectivity index (χ1n) is 7.80. The van der Waals surface area contributed by atoms with E-state index in [0.717, 1.165) is 42.8 Å². The fraction of sp³-hybridized carbons (Fsp3) is 0.600. The molecule has 2 fully saturated rings. The minimum absolute atomic E-state index is 0.0383. The first-order valence-corrected chi connectivity index (χ1v) is 8.18. The molecule has 0 unspecified atom stereocenters. The van der Waals surface area contributed by atoms with Gasteiger partial charge in [-0.2, -0.15) is 18.3 Å². The molecule has 130 valence electrons. The molecule has 2 aromatic heterocycles. The molecular formula is C15H17ClF3N5. The van der Waals surface area contributed by atoms with Crippen LogP contribution in [-0.4, -0.2) is 46.5 Å². The van der Waals surface area contributed by atoms with E-state index in [4.69, 9.17) is 11.6 Å². The molecule has 1 saturated heterocycles. The van der Waals surface area contributed by atoms with Crippen molar-refractivity contribution in [2.24, 2.45) is 5.41 Å². The molecular weight excluding hydrogens is 343 g/mol. The molecule has 0 atom stereocenters. The Hall–Kier alpha value is -1.54. The Kier molecular flexibility index (Phi) is 3.47. The zero-order valence-electron chi connectivity index (χ0n) is 13.1. The van der Waals surface area contributed by atoms with Crippen molar-refractivity contribution in [2.75, 3.05) is 24.5 Å². The highest BCUT2D eigenvalue weighted by molar-refractivity contribution is 6.30. The predicted octanol–water partition coefficient (Wildman–Crippen LogP) is 2.81. The topological polar surface area (TPSA) is 45.5 Å². The number of fused-ring (bicyclic) bond motifs is 1. The quantitative estimate of drug-likeness (QED) is 0.915. The maximum Gasteiger partial charge on any atom is 0.401 e. The molecule has 1 aliphatic heterocycles. The third-order valence-corrected chi connectivity index (χ3v) is 5.25. The SMILES string of the molecule is Cc1cc(Cl)n2ncnc(N3CC4(CC(NCC(F)(F)F)C4)C3)c12. The lowest BCUT2D eigenvalue weighted by Crippen LogP contribution is -2.66. The first kappa shape index (κ1) is 16.0. The van der Waals surface area contributed by atoms with Gasteiger partial charge in [-0.25, -0.2) is 9.50 Å². The molecule has 2 aromatic rings. The second-order valence-corrected chi connectivity index (χ2v) is 7.34. The Morgan fingerprint density at radius 1 is 1.38 bits per heavy atom. The smallest absolute Gasteiger partial charge is 0.354 e. The fourth-order valence-electron chi connectivity index (χ4n) is 3.95. The molecule has 1 saturated carbocycles. The Morgan fingerprint density at radius 3 is 2.75 bits per heavy atom. The average molecular weight is 360 g/mol. The molecule has 2 aliphatic rings. The predicted molar refractivity (Wildman–Crippen MR) is 84.5 cm³/mol. The van der Waals surface area contributed by atoms with Gasteiger partial charge in [0.1, 0.15) is 17.0 Å². The molecule has 0 radical (unpaired) electrons. The number of alkyl halides is 3. The number of nitrogens with zero attached hydrogens (tertiary/aromatic N) is 4. The summed E-state index contributed by atoms with van der Waals surface area (Å²) >= 11 is 6.15. The molecule has 0 bridgehead atoms. The van der Waals surface area contributed by atoms with Gasteiger partial charge < -0.3 is 10.2 Å². The van der Waals surface area contributed by atoms with Crippen LogP contribution in [0.5, 0.6) is 0 Å². The molecule has 1 N–H and O–H groups in total. The summed E-state index contributed by atoms with van der Waals surface area (Å²) in [6.45, 7) is 2.67. The third kappa shape index (κ3) is 2.61. The second-order valence-electron chi connectivity index (χ2n) is 6.95. The maximum absolute atomic E-state index is 12.2. The van der Waals surface area contributed by atoms with E-state index < -0.39 is 12.7 Å². The number of anilines is 1. The molecule has 1 aliphatic carbocycles. The van der Waals surface area contributed by atoms with Crippen molar-refractivity contribution in [3.8, 4) is 0 Å². The molecule has 4 rings (SSSR count). The van der Waals surface area contributed by atoms with Crippen LogP contribution in [0.25, 0.3) is 5.52 Å². The summed E-state index contributed by atoms with van der Waals surface area (Å²) in [7, 11) is 0. The number of hydrogen-bond donors (Lipinski definition) is 1. The minimum Gasteiger partial charge on any atom is -0.354 e. The highest BCUT2D eigenvalue weighted by Crippen LogP contribution is 2.50. The van der Waals surface area contributed by atoms with Crippen molar-refractivity contribution >= 4 is 22.9 Å². The summed E-state index contributed by atoms with van der Waals surface area (Å²) in [6.07, 6.45) is -1.11. The van der Waals surface area contributed by atoms with Crippen molar-refractivity contribution < 1.29 is 13.2 Å². The van der Waals surface area contributed by atoms with Gasteiger partial charge in [0.2, 0.25) is 0 Å². The van der Waals surface area contributed by atoms with Gasteiger partial charge in [-0.05, 0) is 31.4 Å². The van der Waals surface area contributed by atoms with Crippen molar-refractivity contribution in [1.82, 2.24) is 19.9 Å². The molecule has 24 heavy (non-hydrogen) atoms. The standard InChI is InChI=1S/C15H17ClF3N5/c1-9-2-11(16)24-12(9)13(21-8-22-24)23-6-14(7-23)3-10(4-14)20-5-15(17,18)19/h2,8,10,20H,3-7H2,1H3. The van der Waals surface area contributed by atoms with Crippen LogP contribution in [0.1, 0.15) is 18.4 Å². The summed E-state index contributed by atoms with van der Waals surface area (Å²) in [5, 5.41) is 7.29. The van der Waals surface area contributed by atoms with E-state index in [-0.39, 0.29) is 11.5 Å². The van der Waals surface area contributed by atoms with Crippen LogP contribution in [0.4, 0.5) is 19.0 Å². The van der Waals surface area contributed by atoms with Gasteiger partial charge in [-0.3, -0.25) is 0 Å². The summed E-state index contributed by atoms with van der Waals surface area (Å²) in [4.78, 5) is 6.54. The van der Waals surface area contributed by atoms with Crippen LogP contribution in [0, 0.1) is 12.3 Å². The van der Waals surface area contributed by atoms with Crippen LogP contribution in [0.15, 0.2) is 12.4 Å². The second kappa shape index (κ2) is 5.23. The molecule has 5 nitrogen and oxygen atoms in total. The lowest BCUT2D eigenvalue weighted by Gasteiger charge is -2.59. The van der Waals surface area contributed by atoms with Crippen molar-refractivity contribution in [3.05, 3.63) is 23.1 Å². The molecule has 1 spiro atoms. The molecule has 0 amide bonds. The lowest BCUT2D eigenvalue weighted by atomic mass is 9.60. The third-order valence-electron chi connectivity index (χ3n) is 4.98. The van der Waals surface area contributed by atoms with Crippen LogP contribution < -0.4 is 10.2 Å². The van der Waals surface area contributed by atoms with E-state index in [1.807, 2.05) is 13.0 Å². The Bertz CT molecular complexity index is 773. The van der Waals surface area contributed by atoms with Gasteiger partial charge in [0, 0.05) is 24.5 Å². The largest absolute Gasteiger partial charge is 0.401 e.